The number of hydrogen-bond acceptors (Lipinski definition) is 3. The Morgan fingerprint density at radius 1 is 1.19 bits per heavy atom. The fourth-order valence-electron chi connectivity index (χ4n) is 3.82. The Balaban J connectivity index is 1.56. The first kappa shape index (κ1) is 19.3. The number of amides is 1. The highest BCUT2D eigenvalue weighted by atomic mass is 19.1. The molecule has 1 heterocycles. The maximum Gasteiger partial charge on any atom is 0.225 e. The quantitative estimate of drug-likeness (QED) is 0.712. The van der Waals surface area contributed by atoms with Gasteiger partial charge in [-0.25, -0.2) is 4.39 Å². The Hall–Kier alpha value is -1.46. The van der Waals surface area contributed by atoms with Crippen molar-refractivity contribution in [2.24, 2.45) is 11.8 Å². The summed E-state index contributed by atoms with van der Waals surface area (Å²) in [5, 5.41) is 0. The van der Waals surface area contributed by atoms with Crippen LogP contribution < -0.4 is 0 Å². The second-order valence-electron chi connectivity index (χ2n) is 8.20. The van der Waals surface area contributed by atoms with Crippen molar-refractivity contribution in [3.8, 4) is 0 Å². The van der Waals surface area contributed by atoms with E-state index in [1.54, 1.807) is 6.07 Å². The summed E-state index contributed by atoms with van der Waals surface area (Å²) in [7, 11) is 4.10. The van der Waals surface area contributed by atoms with E-state index in [2.05, 4.69) is 28.8 Å². The molecule has 1 aliphatic heterocycles. The highest BCUT2D eigenvalue weighted by molar-refractivity contribution is 5.81. The lowest BCUT2D eigenvalue weighted by atomic mass is 9.96. The topological polar surface area (TPSA) is 26.8 Å². The number of benzene rings is 1. The molecule has 2 fully saturated rings. The van der Waals surface area contributed by atoms with Crippen molar-refractivity contribution in [3.63, 3.8) is 0 Å². The zero-order valence-corrected chi connectivity index (χ0v) is 16.2. The second-order valence-corrected chi connectivity index (χ2v) is 8.20. The third kappa shape index (κ3) is 5.52. The summed E-state index contributed by atoms with van der Waals surface area (Å²) in [4.78, 5) is 19.2. The van der Waals surface area contributed by atoms with Gasteiger partial charge < -0.3 is 9.80 Å². The van der Waals surface area contributed by atoms with Crippen LogP contribution in [-0.2, 0) is 11.3 Å². The number of likely N-dealkylation sites (tertiary alicyclic amines) is 1. The molecule has 1 aliphatic carbocycles. The minimum atomic E-state index is -0.119. The highest BCUT2D eigenvalue weighted by Crippen LogP contribution is 2.31. The first-order valence-corrected chi connectivity index (χ1v) is 9.92. The summed E-state index contributed by atoms with van der Waals surface area (Å²) in [5.41, 5.74) is 0.770. The van der Waals surface area contributed by atoms with Crippen molar-refractivity contribution in [2.45, 2.75) is 32.2 Å². The van der Waals surface area contributed by atoms with Gasteiger partial charge in [0.25, 0.3) is 0 Å². The Bertz CT molecular complexity index is 603. The summed E-state index contributed by atoms with van der Waals surface area (Å²) < 4.78 is 13.9. The van der Waals surface area contributed by atoms with Crippen molar-refractivity contribution in [3.05, 3.63) is 35.6 Å². The molecule has 1 saturated heterocycles. The lowest BCUT2D eigenvalue weighted by Gasteiger charge is -2.36. The number of carbonyl (C=O) groups is 1. The third-order valence-electron chi connectivity index (χ3n) is 5.49. The van der Waals surface area contributed by atoms with Crippen LogP contribution in [0.5, 0.6) is 0 Å². The summed E-state index contributed by atoms with van der Waals surface area (Å²) in [6, 6.07) is 7.05. The van der Waals surface area contributed by atoms with Gasteiger partial charge in [0.1, 0.15) is 5.82 Å². The molecular weight excluding hydrogens is 329 g/mol. The van der Waals surface area contributed by atoms with Gasteiger partial charge in [0.05, 0.1) is 0 Å². The van der Waals surface area contributed by atoms with Crippen LogP contribution in [0.4, 0.5) is 4.39 Å². The largest absolute Gasteiger partial charge is 0.341 e. The lowest BCUT2D eigenvalue weighted by molar-refractivity contribution is -0.133. The smallest absolute Gasteiger partial charge is 0.225 e. The minimum Gasteiger partial charge on any atom is -0.341 e. The maximum absolute atomic E-state index is 13.9. The standard InChI is InChI=1S/C21H32FN3O/c1-23(2)12-13-25(21(26)18-9-10-18)15-17-6-5-11-24(14-17)16-19-7-3-4-8-20(19)22/h3-4,7-8,17-18H,5-6,9-16H2,1-2H3/t17-/m0/s1. The molecule has 1 atom stereocenters. The molecule has 1 aromatic rings. The van der Waals surface area contributed by atoms with Gasteiger partial charge in [0.15, 0.2) is 0 Å². The fourth-order valence-corrected chi connectivity index (χ4v) is 3.82. The molecule has 144 valence electrons. The van der Waals surface area contributed by atoms with Crippen molar-refractivity contribution < 1.29 is 9.18 Å². The second kappa shape index (κ2) is 8.96. The van der Waals surface area contributed by atoms with Gasteiger partial charge in [-0.3, -0.25) is 9.69 Å². The minimum absolute atomic E-state index is 0.119. The molecule has 0 spiro atoms. The van der Waals surface area contributed by atoms with Crippen molar-refractivity contribution >= 4 is 5.91 Å². The average Bonchev–Trinajstić information content (AvgIpc) is 3.45. The number of hydrogen-bond donors (Lipinski definition) is 0. The molecular formula is C21H32FN3O. The van der Waals surface area contributed by atoms with Crippen molar-refractivity contribution in [1.82, 2.24) is 14.7 Å². The van der Waals surface area contributed by atoms with E-state index in [-0.39, 0.29) is 11.7 Å². The number of nitrogens with zero attached hydrogens (tertiary/aromatic N) is 3. The number of likely N-dealkylation sites (N-methyl/N-ethyl adjacent to an activating group) is 1. The van der Waals surface area contributed by atoms with Gasteiger partial charge in [-0.05, 0) is 58.3 Å². The Morgan fingerprint density at radius 3 is 2.65 bits per heavy atom. The molecule has 4 nitrogen and oxygen atoms in total. The van der Waals surface area contributed by atoms with E-state index < -0.39 is 0 Å². The van der Waals surface area contributed by atoms with E-state index in [4.69, 9.17) is 0 Å². The number of piperidine rings is 1. The molecule has 5 heteroatoms. The van der Waals surface area contributed by atoms with Crippen LogP contribution in [0.2, 0.25) is 0 Å². The molecule has 0 radical (unpaired) electrons. The molecule has 0 bridgehead atoms. The predicted octanol–water partition coefficient (Wildman–Crippen LogP) is 2.84. The third-order valence-corrected chi connectivity index (χ3v) is 5.49. The Labute approximate surface area is 157 Å². The molecule has 1 amide bonds. The SMILES string of the molecule is CN(C)CCN(C[C@H]1CCCN(Cc2ccccc2F)C1)C(=O)C1CC1. The van der Waals surface area contributed by atoms with Crippen LogP contribution in [0, 0.1) is 17.7 Å². The van der Waals surface area contributed by atoms with Gasteiger partial charge >= 0.3 is 0 Å². The normalized spacial score (nSPS) is 21.2. The molecule has 2 aliphatic rings. The van der Waals surface area contributed by atoms with E-state index in [0.29, 0.717) is 18.4 Å². The van der Waals surface area contributed by atoms with Crippen molar-refractivity contribution in [1.29, 1.82) is 0 Å². The van der Waals surface area contributed by atoms with Crippen LogP contribution in [0.1, 0.15) is 31.2 Å². The van der Waals surface area contributed by atoms with E-state index in [1.165, 1.54) is 6.07 Å². The van der Waals surface area contributed by atoms with Crippen molar-refractivity contribution in [2.75, 3.05) is 46.8 Å². The maximum atomic E-state index is 13.9. The molecule has 3 rings (SSSR count). The molecule has 1 aromatic carbocycles. The van der Waals surface area contributed by atoms with Gasteiger partial charge in [0, 0.05) is 44.2 Å². The van der Waals surface area contributed by atoms with Crippen LogP contribution in [0.3, 0.4) is 0 Å². The van der Waals surface area contributed by atoms with Gasteiger partial charge in [-0.2, -0.15) is 0 Å². The zero-order valence-electron chi connectivity index (χ0n) is 16.2. The first-order valence-electron chi connectivity index (χ1n) is 9.92. The summed E-state index contributed by atoms with van der Waals surface area (Å²) >= 11 is 0. The summed E-state index contributed by atoms with van der Waals surface area (Å²) in [5.74, 6) is 0.986. The summed E-state index contributed by atoms with van der Waals surface area (Å²) in [6.07, 6.45) is 4.39. The number of halogens is 1. The highest BCUT2D eigenvalue weighted by Gasteiger charge is 2.34. The van der Waals surface area contributed by atoms with Gasteiger partial charge in [0.2, 0.25) is 5.91 Å². The Morgan fingerprint density at radius 2 is 1.96 bits per heavy atom. The number of carbonyl (C=O) groups excluding carboxylic acids is 1. The first-order chi connectivity index (χ1) is 12.5. The molecule has 0 unspecified atom stereocenters. The predicted molar refractivity (Wildman–Crippen MR) is 102 cm³/mol. The Kier molecular flexibility index (Phi) is 6.65. The zero-order chi connectivity index (χ0) is 18.5. The fraction of sp³-hybridized carbons (Fsp3) is 0.667. The lowest BCUT2D eigenvalue weighted by Crippen LogP contribution is -2.45. The average molecular weight is 362 g/mol. The molecule has 1 saturated carbocycles. The van der Waals surface area contributed by atoms with Gasteiger partial charge in [-0.1, -0.05) is 18.2 Å². The van der Waals surface area contributed by atoms with E-state index >= 15 is 0 Å². The van der Waals surface area contributed by atoms with E-state index in [9.17, 15) is 9.18 Å². The molecule has 26 heavy (non-hydrogen) atoms. The number of rotatable bonds is 8. The van der Waals surface area contributed by atoms with Crippen LogP contribution in [-0.4, -0.2) is 67.4 Å². The van der Waals surface area contributed by atoms with Crippen LogP contribution in [0.25, 0.3) is 0 Å². The van der Waals surface area contributed by atoms with Crippen LogP contribution in [0.15, 0.2) is 24.3 Å². The molecule has 0 aromatic heterocycles. The van der Waals surface area contributed by atoms with Gasteiger partial charge in [-0.15, -0.1) is 0 Å². The summed E-state index contributed by atoms with van der Waals surface area (Å²) in [6.45, 7) is 5.19. The monoisotopic (exact) mass is 361 g/mol. The molecule has 0 N–H and O–H groups in total. The van der Waals surface area contributed by atoms with E-state index in [0.717, 1.165) is 64.0 Å². The van der Waals surface area contributed by atoms with E-state index in [1.807, 2.05) is 12.1 Å². The van der Waals surface area contributed by atoms with Crippen LogP contribution >= 0.6 is 0 Å².